The summed E-state index contributed by atoms with van der Waals surface area (Å²) in [4.78, 5) is 0. The summed E-state index contributed by atoms with van der Waals surface area (Å²) < 4.78 is 32.3. The van der Waals surface area contributed by atoms with E-state index in [4.69, 9.17) is 18.5 Å². The van der Waals surface area contributed by atoms with Crippen molar-refractivity contribution in [2.24, 2.45) is 0 Å². The van der Waals surface area contributed by atoms with Crippen molar-refractivity contribution in [3.63, 3.8) is 0 Å². The highest BCUT2D eigenvalue weighted by atomic mass is 31.2. The topological polar surface area (TPSA) is 74.2 Å². The summed E-state index contributed by atoms with van der Waals surface area (Å²) in [5.74, 6) is -0.406. The van der Waals surface area contributed by atoms with Gasteiger partial charge in [0.2, 0.25) is 6.79 Å². The first-order valence-corrected chi connectivity index (χ1v) is 7.42. The maximum atomic E-state index is 12.1. The van der Waals surface area contributed by atoms with E-state index < -0.39 is 19.4 Å². The van der Waals surface area contributed by atoms with Crippen LogP contribution in [0.3, 0.4) is 0 Å². The van der Waals surface area contributed by atoms with E-state index in [9.17, 15) is 9.67 Å². The number of ether oxygens (including phenoxy) is 2. The average Bonchev–Trinajstić information content (AvgIpc) is 2.92. The van der Waals surface area contributed by atoms with E-state index in [1.54, 1.807) is 25.1 Å². The van der Waals surface area contributed by atoms with Crippen LogP contribution in [0, 0.1) is 0 Å². The van der Waals surface area contributed by atoms with Crippen LogP contribution in [-0.2, 0) is 13.6 Å². The van der Waals surface area contributed by atoms with Crippen LogP contribution in [0.25, 0.3) is 0 Å². The average molecular weight is 288 g/mol. The van der Waals surface area contributed by atoms with Crippen molar-refractivity contribution >= 4 is 7.60 Å². The molecule has 1 aromatic carbocycles. The van der Waals surface area contributed by atoms with E-state index in [-0.39, 0.29) is 6.79 Å². The van der Waals surface area contributed by atoms with Gasteiger partial charge in [0.25, 0.3) is 0 Å². The Morgan fingerprint density at radius 1 is 1.26 bits per heavy atom. The lowest BCUT2D eigenvalue weighted by Gasteiger charge is -2.25. The Kier molecular flexibility index (Phi) is 4.16. The predicted molar refractivity (Wildman–Crippen MR) is 68.6 cm³/mol. The van der Waals surface area contributed by atoms with Gasteiger partial charge in [-0.3, -0.25) is 4.57 Å². The molecule has 1 heterocycles. The van der Waals surface area contributed by atoms with Crippen molar-refractivity contribution in [2.45, 2.75) is 18.7 Å². The first-order chi connectivity index (χ1) is 9.01. The first kappa shape index (κ1) is 14.3. The summed E-state index contributed by atoms with van der Waals surface area (Å²) in [6, 6.07) is 5.30. The van der Waals surface area contributed by atoms with Crippen LogP contribution in [0.1, 0.15) is 18.4 Å². The van der Waals surface area contributed by atoms with Gasteiger partial charge in [-0.15, -0.1) is 0 Å². The van der Waals surface area contributed by atoms with Crippen molar-refractivity contribution < 1.29 is 28.2 Å². The van der Waals surface area contributed by atoms with Crippen molar-refractivity contribution in [1.82, 2.24) is 0 Å². The van der Waals surface area contributed by atoms with E-state index in [0.717, 1.165) is 5.56 Å². The zero-order chi connectivity index (χ0) is 14.0. The van der Waals surface area contributed by atoms with Gasteiger partial charge < -0.3 is 23.6 Å². The summed E-state index contributed by atoms with van der Waals surface area (Å²) in [6.45, 7) is 1.93. The minimum atomic E-state index is -3.53. The molecule has 0 bridgehead atoms. The smallest absolute Gasteiger partial charge is 0.358 e. The molecule has 1 aliphatic rings. The van der Waals surface area contributed by atoms with Crippen molar-refractivity contribution in [2.75, 3.05) is 21.0 Å². The maximum Gasteiger partial charge on any atom is 0.358 e. The van der Waals surface area contributed by atoms with Crippen molar-refractivity contribution in [3.8, 4) is 11.5 Å². The van der Waals surface area contributed by atoms with Crippen LogP contribution < -0.4 is 9.47 Å². The van der Waals surface area contributed by atoms with Gasteiger partial charge in [-0.25, -0.2) is 0 Å². The molecule has 7 heteroatoms. The van der Waals surface area contributed by atoms with E-state index in [2.05, 4.69) is 0 Å². The number of benzene rings is 1. The first-order valence-electron chi connectivity index (χ1n) is 5.80. The van der Waals surface area contributed by atoms with E-state index in [0.29, 0.717) is 11.5 Å². The van der Waals surface area contributed by atoms with Gasteiger partial charge in [0.15, 0.2) is 17.3 Å². The summed E-state index contributed by atoms with van der Waals surface area (Å²) in [6.07, 6.45) is 0. The monoisotopic (exact) mass is 288 g/mol. The standard InChI is InChI=1S/C12H17O6P/c1-8(12(13)19(14,15-2)16-3)9-4-5-10-11(6-9)18-7-17-10/h4-6,8,12-13H,7H2,1-3H3/t8-,12-/m1/s1. The molecule has 0 amide bonds. The summed E-state index contributed by atoms with van der Waals surface area (Å²) in [7, 11) is -1.03. The van der Waals surface area contributed by atoms with E-state index in [1.165, 1.54) is 14.2 Å². The Hall–Kier alpha value is -1.07. The van der Waals surface area contributed by atoms with Gasteiger partial charge in [0, 0.05) is 20.1 Å². The number of aliphatic hydroxyl groups excluding tert-OH is 1. The van der Waals surface area contributed by atoms with Crippen LogP contribution in [0.2, 0.25) is 0 Å². The molecule has 1 aliphatic heterocycles. The highest BCUT2D eigenvalue weighted by molar-refractivity contribution is 7.54. The van der Waals surface area contributed by atoms with Gasteiger partial charge in [0.1, 0.15) is 0 Å². The molecule has 0 spiro atoms. The third kappa shape index (κ3) is 2.62. The fourth-order valence-electron chi connectivity index (χ4n) is 1.93. The molecule has 0 aromatic heterocycles. The molecule has 2 atom stereocenters. The normalized spacial score (nSPS) is 17.3. The second kappa shape index (κ2) is 5.51. The molecule has 0 aliphatic carbocycles. The Balaban J connectivity index is 2.24. The molecule has 1 N–H and O–H groups in total. The molecule has 0 saturated carbocycles. The highest BCUT2D eigenvalue weighted by Gasteiger charge is 2.37. The Morgan fingerprint density at radius 2 is 1.89 bits per heavy atom. The molecule has 19 heavy (non-hydrogen) atoms. The van der Waals surface area contributed by atoms with Crippen LogP contribution in [0.5, 0.6) is 11.5 Å². The zero-order valence-corrected chi connectivity index (χ0v) is 11.9. The molecule has 1 aromatic rings. The lowest BCUT2D eigenvalue weighted by atomic mass is 10.0. The molecule has 106 valence electrons. The third-order valence-electron chi connectivity index (χ3n) is 3.20. The number of aliphatic hydroxyl groups is 1. The van der Waals surface area contributed by atoms with Crippen molar-refractivity contribution in [3.05, 3.63) is 23.8 Å². The summed E-state index contributed by atoms with van der Waals surface area (Å²) in [5.41, 5.74) is 0.770. The lowest BCUT2D eigenvalue weighted by Crippen LogP contribution is -2.18. The minimum absolute atomic E-state index is 0.185. The Labute approximate surface area is 111 Å². The molecule has 6 nitrogen and oxygen atoms in total. The van der Waals surface area contributed by atoms with E-state index in [1.807, 2.05) is 0 Å². The second-order valence-corrected chi connectivity index (χ2v) is 6.56. The number of hydrogen-bond acceptors (Lipinski definition) is 6. The largest absolute Gasteiger partial charge is 0.454 e. The highest BCUT2D eigenvalue weighted by Crippen LogP contribution is 2.55. The molecular formula is C12H17O6P. The Bertz CT molecular complexity index is 495. The SMILES string of the molecule is COP(=O)(OC)[C@@H](O)[C@H](C)c1ccc2c(c1)OCO2. The fourth-order valence-corrected chi connectivity index (χ4v) is 3.23. The maximum absolute atomic E-state index is 12.1. The van der Waals surface area contributed by atoms with Crippen molar-refractivity contribution in [1.29, 1.82) is 0 Å². The molecule has 0 unspecified atom stereocenters. The number of rotatable bonds is 5. The van der Waals surface area contributed by atoms with Gasteiger partial charge >= 0.3 is 7.60 Å². The van der Waals surface area contributed by atoms with Gasteiger partial charge in [-0.2, -0.15) is 0 Å². The number of hydrogen-bond donors (Lipinski definition) is 1. The van der Waals surface area contributed by atoms with Crippen LogP contribution in [0.15, 0.2) is 18.2 Å². The van der Waals surface area contributed by atoms with Gasteiger partial charge in [0.05, 0.1) is 0 Å². The fraction of sp³-hybridized carbons (Fsp3) is 0.500. The Morgan fingerprint density at radius 3 is 2.53 bits per heavy atom. The zero-order valence-electron chi connectivity index (χ0n) is 11.0. The lowest BCUT2D eigenvalue weighted by molar-refractivity contribution is 0.157. The quantitative estimate of drug-likeness (QED) is 0.838. The van der Waals surface area contributed by atoms with Gasteiger partial charge in [-0.05, 0) is 17.7 Å². The molecule has 0 radical (unpaired) electrons. The number of fused-ring (bicyclic) bond motifs is 1. The molecule has 2 rings (SSSR count). The summed E-state index contributed by atoms with van der Waals surface area (Å²) in [5, 5.41) is 10.2. The summed E-state index contributed by atoms with van der Waals surface area (Å²) >= 11 is 0. The van der Waals surface area contributed by atoms with Crippen LogP contribution in [0.4, 0.5) is 0 Å². The second-order valence-electron chi connectivity index (χ2n) is 4.22. The van der Waals surface area contributed by atoms with Crippen LogP contribution in [-0.4, -0.2) is 32.0 Å². The minimum Gasteiger partial charge on any atom is -0.454 e. The molecule has 0 fully saturated rings. The van der Waals surface area contributed by atoms with Gasteiger partial charge in [-0.1, -0.05) is 13.0 Å². The van der Waals surface area contributed by atoms with Crippen LogP contribution >= 0.6 is 7.60 Å². The van der Waals surface area contributed by atoms with E-state index >= 15 is 0 Å². The molecule has 0 saturated heterocycles. The third-order valence-corrected chi connectivity index (χ3v) is 5.32. The predicted octanol–water partition coefficient (Wildman–Crippen LogP) is 2.32. The molecular weight excluding hydrogens is 271 g/mol.